The SMILES string of the molecule is CCSc1nnc(-c2ccco2)n1Cc1ccccc1. The topological polar surface area (TPSA) is 43.9 Å². The summed E-state index contributed by atoms with van der Waals surface area (Å²) >= 11 is 1.69. The summed E-state index contributed by atoms with van der Waals surface area (Å²) in [5, 5.41) is 9.46. The van der Waals surface area contributed by atoms with Gasteiger partial charge < -0.3 is 4.42 Å². The van der Waals surface area contributed by atoms with Gasteiger partial charge in [0, 0.05) is 0 Å². The summed E-state index contributed by atoms with van der Waals surface area (Å²) in [5.74, 6) is 2.48. The summed E-state index contributed by atoms with van der Waals surface area (Å²) in [5.41, 5.74) is 1.22. The van der Waals surface area contributed by atoms with Crippen LogP contribution in [0.15, 0.2) is 58.3 Å². The van der Waals surface area contributed by atoms with Crippen LogP contribution in [0, 0.1) is 0 Å². The van der Waals surface area contributed by atoms with Crippen LogP contribution in [0.5, 0.6) is 0 Å². The van der Waals surface area contributed by atoms with Gasteiger partial charge in [-0.15, -0.1) is 10.2 Å². The Kier molecular flexibility index (Phi) is 3.87. The lowest BCUT2D eigenvalue weighted by Gasteiger charge is -2.08. The van der Waals surface area contributed by atoms with E-state index in [4.69, 9.17) is 4.42 Å². The van der Waals surface area contributed by atoms with Crippen molar-refractivity contribution in [1.29, 1.82) is 0 Å². The highest BCUT2D eigenvalue weighted by molar-refractivity contribution is 7.99. The van der Waals surface area contributed by atoms with Crippen molar-refractivity contribution in [3.05, 3.63) is 54.3 Å². The molecule has 0 spiro atoms. The highest BCUT2D eigenvalue weighted by atomic mass is 32.2. The maximum absolute atomic E-state index is 5.46. The fraction of sp³-hybridized carbons (Fsp3) is 0.200. The largest absolute Gasteiger partial charge is 0.461 e. The minimum Gasteiger partial charge on any atom is -0.461 e. The molecule has 0 N–H and O–H groups in total. The van der Waals surface area contributed by atoms with Gasteiger partial charge in [0.2, 0.25) is 5.82 Å². The molecule has 5 heteroatoms. The number of furan rings is 1. The van der Waals surface area contributed by atoms with Crippen LogP contribution in [0.3, 0.4) is 0 Å². The molecule has 1 aromatic carbocycles. The molecule has 4 nitrogen and oxygen atoms in total. The molecule has 0 aliphatic rings. The zero-order valence-corrected chi connectivity index (χ0v) is 12.0. The van der Waals surface area contributed by atoms with Crippen LogP contribution in [0.4, 0.5) is 0 Å². The van der Waals surface area contributed by atoms with E-state index in [0.717, 1.165) is 29.0 Å². The lowest BCUT2D eigenvalue weighted by Crippen LogP contribution is -2.03. The molecule has 0 radical (unpaired) electrons. The summed E-state index contributed by atoms with van der Waals surface area (Å²) in [7, 11) is 0. The molecule has 0 saturated heterocycles. The number of hydrogen-bond donors (Lipinski definition) is 0. The predicted octanol–water partition coefficient (Wildman–Crippen LogP) is 3.70. The molecule has 2 aromatic heterocycles. The van der Waals surface area contributed by atoms with Gasteiger partial charge in [-0.25, -0.2) is 0 Å². The van der Waals surface area contributed by atoms with Gasteiger partial charge in [-0.1, -0.05) is 49.0 Å². The van der Waals surface area contributed by atoms with E-state index in [9.17, 15) is 0 Å². The van der Waals surface area contributed by atoms with E-state index in [2.05, 4.69) is 33.8 Å². The maximum atomic E-state index is 5.46. The number of nitrogens with zero attached hydrogens (tertiary/aromatic N) is 3. The molecule has 0 bridgehead atoms. The van der Waals surface area contributed by atoms with Crippen LogP contribution >= 0.6 is 11.8 Å². The third kappa shape index (κ3) is 2.63. The van der Waals surface area contributed by atoms with E-state index >= 15 is 0 Å². The van der Waals surface area contributed by atoms with Gasteiger partial charge in [0.05, 0.1) is 12.8 Å². The van der Waals surface area contributed by atoms with Crippen LogP contribution in [-0.4, -0.2) is 20.5 Å². The molecule has 2 heterocycles. The molecule has 0 amide bonds. The molecule has 20 heavy (non-hydrogen) atoms. The quantitative estimate of drug-likeness (QED) is 0.670. The lowest BCUT2D eigenvalue weighted by molar-refractivity contribution is 0.569. The minimum atomic E-state index is 0.742. The third-order valence-electron chi connectivity index (χ3n) is 2.92. The normalized spacial score (nSPS) is 10.8. The second-order valence-corrected chi connectivity index (χ2v) is 5.52. The van der Waals surface area contributed by atoms with Gasteiger partial charge in [0.1, 0.15) is 0 Å². The van der Waals surface area contributed by atoms with Crippen molar-refractivity contribution in [2.75, 3.05) is 5.75 Å². The molecule has 3 aromatic rings. The third-order valence-corrected chi connectivity index (χ3v) is 3.76. The van der Waals surface area contributed by atoms with Crippen LogP contribution < -0.4 is 0 Å². The van der Waals surface area contributed by atoms with Gasteiger partial charge in [-0.05, 0) is 23.4 Å². The average molecular weight is 285 g/mol. The van der Waals surface area contributed by atoms with Crippen LogP contribution in [-0.2, 0) is 6.54 Å². The van der Waals surface area contributed by atoms with E-state index in [-0.39, 0.29) is 0 Å². The monoisotopic (exact) mass is 285 g/mol. The first-order chi connectivity index (χ1) is 9.88. The Morgan fingerprint density at radius 2 is 1.95 bits per heavy atom. The summed E-state index contributed by atoms with van der Waals surface area (Å²) in [4.78, 5) is 0. The second kappa shape index (κ2) is 5.96. The van der Waals surface area contributed by atoms with Crippen molar-refractivity contribution < 1.29 is 4.42 Å². The highest BCUT2D eigenvalue weighted by Gasteiger charge is 2.16. The van der Waals surface area contributed by atoms with Crippen molar-refractivity contribution in [1.82, 2.24) is 14.8 Å². The average Bonchev–Trinajstić information content (AvgIpc) is 3.11. The van der Waals surface area contributed by atoms with E-state index in [1.807, 2.05) is 30.3 Å². The van der Waals surface area contributed by atoms with E-state index in [0.29, 0.717) is 0 Å². The molecule has 102 valence electrons. The van der Waals surface area contributed by atoms with Crippen molar-refractivity contribution in [3.8, 4) is 11.6 Å². The zero-order chi connectivity index (χ0) is 13.8. The number of thioether (sulfide) groups is 1. The second-order valence-electron chi connectivity index (χ2n) is 4.29. The van der Waals surface area contributed by atoms with Crippen LogP contribution in [0.1, 0.15) is 12.5 Å². The van der Waals surface area contributed by atoms with E-state index in [1.165, 1.54) is 5.56 Å². The van der Waals surface area contributed by atoms with Crippen LogP contribution in [0.2, 0.25) is 0 Å². The number of rotatable bonds is 5. The molecule has 3 rings (SSSR count). The molecule has 0 atom stereocenters. The van der Waals surface area contributed by atoms with Crippen molar-refractivity contribution in [3.63, 3.8) is 0 Å². The molecular formula is C15H15N3OS. The van der Waals surface area contributed by atoms with Gasteiger partial charge in [-0.3, -0.25) is 4.57 Å². The summed E-state index contributed by atoms with van der Waals surface area (Å²) in [6.07, 6.45) is 1.66. The standard InChI is InChI=1S/C15H15N3OS/c1-2-20-15-17-16-14(13-9-6-10-19-13)18(15)11-12-7-4-3-5-8-12/h3-10H,2,11H2,1H3. The first-order valence-electron chi connectivity index (χ1n) is 6.52. The highest BCUT2D eigenvalue weighted by Crippen LogP contribution is 2.25. The Balaban J connectivity index is 2.00. The molecule has 0 saturated carbocycles. The maximum Gasteiger partial charge on any atom is 0.200 e. The summed E-state index contributed by atoms with van der Waals surface area (Å²) < 4.78 is 7.56. The number of hydrogen-bond acceptors (Lipinski definition) is 4. The Bertz CT molecular complexity index is 662. The fourth-order valence-electron chi connectivity index (χ4n) is 2.02. The molecule has 0 unspecified atom stereocenters. The van der Waals surface area contributed by atoms with E-state index in [1.54, 1.807) is 18.0 Å². The Labute approximate surface area is 121 Å². The molecule has 0 fully saturated rings. The van der Waals surface area contributed by atoms with Crippen LogP contribution in [0.25, 0.3) is 11.6 Å². The summed E-state index contributed by atoms with van der Waals surface area (Å²) in [6, 6.07) is 14.1. The van der Waals surface area contributed by atoms with Gasteiger partial charge in [0.15, 0.2) is 10.9 Å². The Hall–Kier alpha value is -2.01. The summed E-state index contributed by atoms with van der Waals surface area (Å²) in [6.45, 7) is 2.85. The van der Waals surface area contributed by atoms with Crippen molar-refractivity contribution in [2.24, 2.45) is 0 Å². The Morgan fingerprint density at radius 3 is 2.65 bits per heavy atom. The minimum absolute atomic E-state index is 0.742. The molecule has 0 aliphatic carbocycles. The number of benzene rings is 1. The van der Waals surface area contributed by atoms with Gasteiger partial charge in [0.25, 0.3) is 0 Å². The Morgan fingerprint density at radius 1 is 1.10 bits per heavy atom. The smallest absolute Gasteiger partial charge is 0.200 e. The van der Waals surface area contributed by atoms with Crippen molar-refractivity contribution in [2.45, 2.75) is 18.6 Å². The molecule has 0 aliphatic heterocycles. The van der Waals surface area contributed by atoms with Gasteiger partial charge >= 0.3 is 0 Å². The predicted molar refractivity (Wildman–Crippen MR) is 79.7 cm³/mol. The fourth-order valence-corrected chi connectivity index (χ4v) is 2.68. The first-order valence-corrected chi connectivity index (χ1v) is 7.51. The van der Waals surface area contributed by atoms with Crippen molar-refractivity contribution >= 4 is 11.8 Å². The molecular weight excluding hydrogens is 270 g/mol. The first kappa shape index (κ1) is 13.0. The van der Waals surface area contributed by atoms with Gasteiger partial charge in [-0.2, -0.15) is 0 Å². The van der Waals surface area contributed by atoms with E-state index < -0.39 is 0 Å². The lowest BCUT2D eigenvalue weighted by atomic mass is 10.2. The number of aromatic nitrogens is 3. The zero-order valence-electron chi connectivity index (χ0n) is 11.2.